The van der Waals surface area contributed by atoms with Gasteiger partial charge in [0.2, 0.25) is 0 Å². The number of hydrogen-bond donors (Lipinski definition) is 0. The highest BCUT2D eigenvalue weighted by molar-refractivity contribution is 7.37. The van der Waals surface area contributed by atoms with Crippen molar-refractivity contribution in [3.05, 3.63) is 0 Å². The van der Waals surface area contributed by atoms with Gasteiger partial charge in [-0.3, -0.25) is 0 Å². The summed E-state index contributed by atoms with van der Waals surface area (Å²) in [5.74, 6) is 0. The molecule has 0 spiro atoms. The summed E-state index contributed by atoms with van der Waals surface area (Å²) >= 11 is 0. The van der Waals surface area contributed by atoms with Crippen LogP contribution < -0.4 is 0 Å². The molecule has 1 heteroatoms. The fourth-order valence-electron chi connectivity index (χ4n) is 0.428. The maximum Gasteiger partial charge on any atom is -0.0290 e. The van der Waals surface area contributed by atoms with E-state index in [4.69, 9.17) is 0 Å². The first kappa shape index (κ1) is 7.43. The molecule has 0 aliphatic heterocycles. The molecule has 0 aromatic carbocycles. The van der Waals surface area contributed by atoms with E-state index in [-0.39, 0.29) is 0 Å². The van der Waals surface area contributed by atoms with Gasteiger partial charge >= 0.3 is 0 Å². The molecule has 0 heterocycles. The topological polar surface area (TPSA) is 0 Å². The maximum atomic E-state index is 2.24. The summed E-state index contributed by atoms with van der Waals surface area (Å²) in [6.07, 6.45) is 5.49. The van der Waals surface area contributed by atoms with E-state index in [1.807, 2.05) is 0 Å². The molecular weight excluding hydrogens is 103 g/mol. The second-order valence-electron chi connectivity index (χ2n) is 1.67. The van der Waals surface area contributed by atoms with Crippen LogP contribution in [0.15, 0.2) is 0 Å². The molecule has 0 aliphatic rings. The van der Waals surface area contributed by atoms with Crippen LogP contribution in [0, 0.1) is 0 Å². The fraction of sp³-hybridized carbons (Fsp3) is 1.00. The van der Waals surface area contributed by atoms with Crippen LogP contribution in [0.4, 0.5) is 0 Å². The van der Waals surface area contributed by atoms with Gasteiger partial charge in [0.25, 0.3) is 0 Å². The summed E-state index contributed by atoms with van der Waals surface area (Å²) in [5.41, 5.74) is 0. The quantitative estimate of drug-likeness (QED) is 0.392. The Kier molecular flexibility index (Phi) is 6.82. The third kappa shape index (κ3) is 6.43. The van der Waals surface area contributed by atoms with Gasteiger partial charge in [0.15, 0.2) is 0 Å². The van der Waals surface area contributed by atoms with Gasteiger partial charge in [-0.15, -0.1) is 0 Å². The van der Waals surface area contributed by atoms with E-state index in [0.717, 1.165) is 0 Å². The summed E-state index contributed by atoms with van der Waals surface area (Å²) in [6.45, 7) is 4.48. The minimum absolute atomic E-state index is 1.35. The van der Waals surface area contributed by atoms with Crippen LogP contribution >= 0.6 is 8.58 Å². The molecule has 0 N–H and O–H groups in total. The van der Waals surface area contributed by atoms with Crippen LogP contribution in [0.3, 0.4) is 0 Å². The molecule has 0 saturated carbocycles. The van der Waals surface area contributed by atoms with Crippen molar-refractivity contribution in [2.24, 2.45) is 0 Å². The van der Waals surface area contributed by atoms with E-state index in [0.29, 0.717) is 0 Å². The lowest BCUT2D eigenvalue weighted by molar-refractivity contribution is 1.07. The molecule has 0 atom stereocenters. The predicted octanol–water partition coefficient (Wildman–Crippen LogP) is 2.75. The average Bonchev–Trinajstić information content (AvgIpc) is 1.69. The van der Waals surface area contributed by atoms with Gasteiger partial charge in [0.1, 0.15) is 0 Å². The molecule has 0 aromatic rings. The molecule has 0 amide bonds. The van der Waals surface area contributed by atoms with Gasteiger partial charge in [-0.25, -0.2) is 0 Å². The van der Waals surface area contributed by atoms with Gasteiger partial charge in [-0.1, -0.05) is 35.3 Å². The molecule has 0 unspecified atom stereocenters. The Bertz CT molecular complexity index is 23.4. The monoisotopic (exact) mass is 117 g/mol. The molecule has 43 valence electrons. The van der Waals surface area contributed by atoms with Gasteiger partial charge < -0.3 is 0 Å². The van der Waals surface area contributed by atoms with Gasteiger partial charge in [0.05, 0.1) is 0 Å². The zero-order valence-corrected chi connectivity index (χ0v) is 6.17. The first-order chi connectivity index (χ1) is 3.41. The normalized spacial score (nSPS) is 9.43. The second-order valence-corrected chi connectivity index (χ2v) is 3.01. The van der Waals surface area contributed by atoms with Crippen molar-refractivity contribution >= 4 is 8.58 Å². The Balaban J connectivity index is 2.45. The van der Waals surface area contributed by atoms with Gasteiger partial charge in [-0.2, -0.15) is 0 Å². The predicted molar refractivity (Wildman–Crippen MR) is 37.2 cm³/mol. The van der Waals surface area contributed by atoms with E-state index < -0.39 is 0 Å². The van der Waals surface area contributed by atoms with Crippen molar-refractivity contribution in [1.29, 1.82) is 0 Å². The molecular formula is C6H14P. The summed E-state index contributed by atoms with van der Waals surface area (Å²) in [5, 5.41) is 0. The second kappa shape index (κ2) is 6.43. The first-order valence-electron chi connectivity index (χ1n) is 3.05. The van der Waals surface area contributed by atoms with E-state index in [2.05, 4.69) is 13.8 Å². The molecule has 0 aromatic heterocycles. The lowest BCUT2D eigenvalue weighted by Crippen LogP contribution is -1.72. The van der Waals surface area contributed by atoms with Crippen molar-refractivity contribution in [2.75, 3.05) is 12.3 Å². The number of rotatable bonds is 4. The molecule has 0 fully saturated rings. The minimum atomic E-state index is 1.35. The molecule has 0 saturated heterocycles. The fourth-order valence-corrected chi connectivity index (χ4v) is 1.28. The van der Waals surface area contributed by atoms with Crippen molar-refractivity contribution < 1.29 is 0 Å². The Morgan fingerprint density at radius 2 is 1.43 bits per heavy atom. The Labute approximate surface area is 48.5 Å². The third-order valence-corrected chi connectivity index (χ3v) is 2.29. The molecule has 0 aliphatic carbocycles. The zero-order chi connectivity index (χ0) is 5.54. The smallest absolute Gasteiger partial charge is 0.0290 e. The summed E-state index contributed by atoms with van der Waals surface area (Å²) < 4.78 is 0. The largest absolute Gasteiger partial charge is 0.0810 e. The SMILES string of the molecule is CCC[P]CCC. The van der Waals surface area contributed by atoms with Crippen LogP contribution in [0.25, 0.3) is 0 Å². The average molecular weight is 117 g/mol. The lowest BCUT2D eigenvalue weighted by atomic mass is 10.6. The molecule has 0 rings (SSSR count). The van der Waals surface area contributed by atoms with Crippen LogP contribution in [-0.2, 0) is 0 Å². The summed E-state index contributed by atoms with van der Waals surface area (Å²) in [6, 6.07) is 0. The van der Waals surface area contributed by atoms with Crippen LogP contribution in [0.5, 0.6) is 0 Å². The molecule has 0 bridgehead atoms. The Morgan fingerprint density at radius 1 is 1.00 bits per heavy atom. The lowest BCUT2D eigenvalue weighted by Gasteiger charge is -1.90. The van der Waals surface area contributed by atoms with Crippen LogP contribution in [-0.4, -0.2) is 12.3 Å². The van der Waals surface area contributed by atoms with Gasteiger partial charge in [-0.05, 0) is 12.3 Å². The van der Waals surface area contributed by atoms with Crippen LogP contribution in [0.1, 0.15) is 26.7 Å². The van der Waals surface area contributed by atoms with E-state index in [1.165, 1.54) is 25.2 Å². The van der Waals surface area contributed by atoms with Gasteiger partial charge in [0, 0.05) is 0 Å². The Morgan fingerprint density at radius 3 is 1.71 bits per heavy atom. The van der Waals surface area contributed by atoms with Crippen molar-refractivity contribution in [1.82, 2.24) is 0 Å². The highest BCUT2D eigenvalue weighted by Crippen LogP contribution is 2.10. The summed E-state index contributed by atoms with van der Waals surface area (Å²) in [7, 11) is 1.64. The van der Waals surface area contributed by atoms with Crippen molar-refractivity contribution in [2.45, 2.75) is 26.7 Å². The standard InChI is InChI=1S/C6H14P/c1-3-5-7-6-4-2/h3-6H2,1-2H3. The van der Waals surface area contributed by atoms with Crippen molar-refractivity contribution in [3.63, 3.8) is 0 Å². The van der Waals surface area contributed by atoms with Crippen LogP contribution in [0.2, 0.25) is 0 Å². The molecule has 1 radical (unpaired) electrons. The highest BCUT2D eigenvalue weighted by atomic mass is 31.1. The van der Waals surface area contributed by atoms with E-state index >= 15 is 0 Å². The Hall–Kier alpha value is 0.430. The number of hydrogen-bond acceptors (Lipinski definition) is 0. The minimum Gasteiger partial charge on any atom is -0.0810 e. The molecule has 0 nitrogen and oxygen atoms in total. The zero-order valence-electron chi connectivity index (χ0n) is 5.28. The third-order valence-electron chi connectivity index (χ3n) is 0.763. The maximum absolute atomic E-state index is 2.24. The summed E-state index contributed by atoms with van der Waals surface area (Å²) in [4.78, 5) is 0. The molecule has 7 heavy (non-hydrogen) atoms. The first-order valence-corrected chi connectivity index (χ1v) is 4.31. The highest BCUT2D eigenvalue weighted by Gasteiger charge is 1.80. The van der Waals surface area contributed by atoms with E-state index in [9.17, 15) is 0 Å². The van der Waals surface area contributed by atoms with E-state index in [1.54, 1.807) is 8.58 Å². The van der Waals surface area contributed by atoms with Crippen molar-refractivity contribution in [3.8, 4) is 0 Å².